The summed E-state index contributed by atoms with van der Waals surface area (Å²) in [4.78, 5) is 13.7. The number of nitrogens with zero attached hydrogens (tertiary/aromatic N) is 2. The number of ether oxygens (including phenoxy) is 1. The summed E-state index contributed by atoms with van der Waals surface area (Å²) in [5.74, 6) is -0.157. The van der Waals surface area contributed by atoms with Gasteiger partial charge in [0.2, 0.25) is 5.91 Å². The summed E-state index contributed by atoms with van der Waals surface area (Å²) in [6.07, 6.45) is 0. The van der Waals surface area contributed by atoms with Crippen molar-refractivity contribution in [2.75, 3.05) is 20.3 Å². The molecule has 0 spiro atoms. The standard InChI is InChI=1S/C13H14N2O2/c1-15(7-11-5-3-2-4-6-11)12(16)13(8-14)9-17-10-13/h2-6H,7,9-10H2,1H3. The second-order valence-corrected chi connectivity index (χ2v) is 4.33. The summed E-state index contributed by atoms with van der Waals surface area (Å²) < 4.78 is 4.98. The van der Waals surface area contributed by atoms with Gasteiger partial charge in [-0.25, -0.2) is 0 Å². The van der Waals surface area contributed by atoms with Crippen molar-refractivity contribution in [2.24, 2.45) is 5.41 Å². The molecule has 1 saturated heterocycles. The molecule has 0 aliphatic carbocycles. The van der Waals surface area contributed by atoms with Gasteiger partial charge in [0.25, 0.3) is 0 Å². The maximum atomic E-state index is 12.1. The Morgan fingerprint density at radius 2 is 2.12 bits per heavy atom. The van der Waals surface area contributed by atoms with E-state index in [0.29, 0.717) is 6.54 Å². The van der Waals surface area contributed by atoms with Crippen LogP contribution >= 0.6 is 0 Å². The van der Waals surface area contributed by atoms with Crippen LogP contribution < -0.4 is 0 Å². The molecule has 0 unspecified atom stereocenters. The third-order valence-corrected chi connectivity index (χ3v) is 2.93. The van der Waals surface area contributed by atoms with Crippen LogP contribution in [-0.4, -0.2) is 31.1 Å². The van der Waals surface area contributed by atoms with E-state index >= 15 is 0 Å². The molecule has 4 nitrogen and oxygen atoms in total. The van der Waals surface area contributed by atoms with E-state index in [9.17, 15) is 4.79 Å². The van der Waals surface area contributed by atoms with Crippen LogP contribution in [0.3, 0.4) is 0 Å². The summed E-state index contributed by atoms with van der Waals surface area (Å²) in [7, 11) is 1.72. The van der Waals surface area contributed by atoms with Gasteiger partial charge in [-0.15, -0.1) is 0 Å². The molecule has 0 bridgehead atoms. The Labute approximate surface area is 100 Å². The number of carbonyl (C=O) groups is 1. The van der Waals surface area contributed by atoms with E-state index < -0.39 is 5.41 Å². The SMILES string of the molecule is CN(Cc1ccccc1)C(=O)C1(C#N)COC1. The van der Waals surface area contributed by atoms with Crippen LogP contribution in [0.25, 0.3) is 0 Å². The monoisotopic (exact) mass is 230 g/mol. The highest BCUT2D eigenvalue weighted by atomic mass is 16.5. The number of rotatable bonds is 3. The van der Waals surface area contributed by atoms with Crippen molar-refractivity contribution in [3.05, 3.63) is 35.9 Å². The first-order valence-electron chi connectivity index (χ1n) is 5.46. The molecule has 0 aromatic heterocycles. The molecule has 2 rings (SSSR count). The van der Waals surface area contributed by atoms with Gasteiger partial charge in [0.1, 0.15) is 0 Å². The van der Waals surface area contributed by atoms with Gasteiger partial charge in [0.05, 0.1) is 19.3 Å². The quantitative estimate of drug-likeness (QED) is 0.783. The van der Waals surface area contributed by atoms with Crippen LogP contribution in [0, 0.1) is 16.7 Å². The Balaban J connectivity index is 2.04. The van der Waals surface area contributed by atoms with Crippen LogP contribution in [0.4, 0.5) is 0 Å². The molecule has 4 heteroatoms. The van der Waals surface area contributed by atoms with Crippen molar-refractivity contribution < 1.29 is 9.53 Å². The van der Waals surface area contributed by atoms with Gasteiger partial charge < -0.3 is 9.64 Å². The predicted molar refractivity (Wildman–Crippen MR) is 61.8 cm³/mol. The molecular weight excluding hydrogens is 216 g/mol. The minimum atomic E-state index is -0.955. The fourth-order valence-corrected chi connectivity index (χ4v) is 1.84. The molecule has 1 aromatic rings. The van der Waals surface area contributed by atoms with Gasteiger partial charge in [-0.05, 0) is 5.56 Å². The summed E-state index contributed by atoms with van der Waals surface area (Å²) in [5.41, 5.74) is 0.0977. The van der Waals surface area contributed by atoms with Gasteiger partial charge in [0, 0.05) is 13.6 Å². The van der Waals surface area contributed by atoms with E-state index in [1.54, 1.807) is 11.9 Å². The van der Waals surface area contributed by atoms with Crippen LogP contribution in [0.2, 0.25) is 0 Å². The van der Waals surface area contributed by atoms with E-state index in [1.807, 2.05) is 30.3 Å². The molecule has 1 heterocycles. The summed E-state index contributed by atoms with van der Waals surface area (Å²) in [6, 6.07) is 11.8. The second kappa shape index (κ2) is 4.56. The minimum absolute atomic E-state index is 0.157. The molecule has 1 aliphatic heterocycles. The maximum absolute atomic E-state index is 12.1. The second-order valence-electron chi connectivity index (χ2n) is 4.33. The lowest BCUT2D eigenvalue weighted by molar-refractivity contribution is -0.160. The minimum Gasteiger partial charge on any atom is -0.377 e. The lowest BCUT2D eigenvalue weighted by Crippen LogP contribution is -2.53. The van der Waals surface area contributed by atoms with Crippen LogP contribution in [-0.2, 0) is 16.1 Å². The molecule has 0 saturated carbocycles. The molecule has 1 aliphatic rings. The first kappa shape index (κ1) is 11.6. The number of amides is 1. The average Bonchev–Trinajstić information content (AvgIpc) is 2.29. The van der Waals surface area contributed by atoms with Gasteiger partial charge in [0.15, 0.2) is 5.41 Å². The van der Waals surface area contributed by atoms with Crippen molar-refractivity contribution in [3.8, 4) is 6.07 Å². The van der Waals surface area contributed by atoms with Crippen molar-refractivity contribution in [1.82, 2.24) is 4.90 Å². The number of hydrogen-bond donors (Lipinski definition) is 0. The Kier molecular flexibility index (Phi) is 3.12. The molecule has 0 N–H and O–H groups in total. The van der Waals surface area contributed by atoms with Crippen molar-refractivity contribution in [1.29, 1.82) is 5.26 Å². The third-order valence-electron chi connectivity index (χ3n) is 2.93. The number of benzene rings is 1. The molecule has 0 atom stereocenters. The van der Waals surface area contributed by atoms with E-state index in [2.05, 4.69) is 6.07 Å². The normalized spacial score (nSPS) is 16.7. The van der Waals surface area contributed by atoms with E-state index in [1.165, 1.54) is 0 Å². The number of nitriles is 1. The lowest BCUT2D eigenvalue weighted by atomic mass is 9.86. The molecule has 0 radical (unpaired) electrons. The molecular formula is C13H14N2O2. The largest absolute Gasteiger partial charge is 0.377 e. The zero-order valence-electron chi connectivity index (χ0n) is 9.72. The number of carbonyl (C=O) groups excluding carboxylic acids is 1. The number of hydrogen-bond acceptors (Lipinski definition) is 3. The van der Waals surface area contributed by atoms with Crippen LogP contribution in [0.15, 0.2) is 30.3 Å². The summed E-state index contributed by atoms with van der Waals surface area (Å²) in [6.45, 7) is 0.937. The fourth-order valence-electron chi connectivity index (χ4n) is 1.84. The molecule has 17 heavy (non-hydrogen) atoms. The highest BCUT2D eigenvalue weighted by Crippen LogP contribution is 2.29. The summed E-state index contributed by atoms with van der Waals surface area (Å²) in [5, 5.41) is 9.04. The average molecular weight is 230 g/mol. The zero-order chi connectivity index (χ0) is 12.3. The Hall–Kier alpha value is -1.86. The first-order chi connectivity index (χ1) is 8.18. The molecule has 1 aromatic carbocycles. The smallest absolute Gasteiger partial charge is 0.247 e. The van der Waals surface area contributed by atoms with E-state index in [4.69, 9.17) is 10.00 Å². The molecule has 1 fully saturated rings. The third kappa shape index (κ3) is 2.15. The van der Waals surface area contributed by atoms with Crippen LogP contribution in [0.5, 0.6) is 0 Å². The Bertz CT molecular complexity index is 446. The van der Waals surface area contributed by atoms with Gasteiger partial charge in [-0.2, -0.15) is 5.26 Å². The van der Waals surface area contributed by atoms with Crippen molar-refractivity contribution in [3.63, 3.8) is 0 Å². The van der Waals surface area contributed by atoms with Crippen molar-refractivity contribution in [2.45, 2.75) is 6.54 Å². The topological polar surface area (TPSA) is 53.3 Å². The fraction of sp³-hybridized carbons (Fsp3) is 0.385. The zero-order valence-corrected chi connectivity index (χ0v) is 9.72. The highest BCUT2D eigenvalue weighted by Gasteiger charge is 2.48. The predicted octanol–water partition coefficient (Wildman–Crippen LogP) is 1.19. The van der Waals surface area contributed by atoms with Gasteiger partial charge >= 0.3 is 0 Å². The Morgan fingerprint density at radius 3 is 2.59 bits per heavy atom. The maximum Gasteiger partial charge on any atom is 0.247 e. The molecule has 1 amide bonds. The highest BCUT2D eigenvalue weighted by molar-refractivity contribution is 5.86. The summed E-state index contributed by atoms with van der Waals surface area (Å²) >= 11 is 0. The lowest BCUT2D eigenvalue weighted by Gasteiger charge is -2.36. The van der Waals surface area contributed by atoms with Gasteiger partial charge in [-0.3, -0.25) is 4.79 Å². The van der Waals surface area contributed by atoms with E-state index in [0.717, 1.165) is 5.56 Å². The first-order valence-corrected chi connectivity index (χ1v) is 5.46. The Morgan fingerprint density at radius 1 is 1.47 bits per heavy atom. The molecule has 88 valence electrons. The van der Waals surface area contributed by atoms with Crippen LogP contribution in [0.1, 0.15) is 5.56 Å². The van der Waals surface area contributed by atoms with E-state index in [-0.39, 0.29) is 19.1 Å². The van der Waals surface area contributed by atoms with Gasteiger partial charge in [-0.1, -0.05) is 30.3 Å². The van der Waals surface area contributed by atoms with Crippen molar-refractivity contribution >= 4 is 5.91 Å².